The van der Waals surface area contributed by atoms with E-state index < -0.39 is 0 Å². The Morgan fingerprint density at radius 3 is 2.94 bits per heavy atom. The van der Waals surface area contributed by atoms with Crippen LogP contribution in [0.2, 0.25) is 0 Å². The number of hydrogen-bond acceptors (Lipinski definition) is 4. The molecule has 0 saturated carbocycles. The fourth-order valence-corrected chi connectivity index (χ4v) is 2.99. The molecular formula is C10H12IN3OS. The van der Waals surface area contributed by atoms with Gasteiger partial charge in [0.25, 0.3) is 0 Å². The summed E-state index contributed by atoms with van der Waals surface area (Å²) in [5.74, 6) is 0.733. The van der Waals surface area contributed by atoms with Gasteiger partial charge in [0.15, 0.2) is 5.75 Å². The van der Waals surface area contributed by atoms with E-state index in [1.165, 1.54) is 2.88 Å². The molecule has 1 unspecified atom stereocenters. The van der Waals surface area contributed by atoms with Gasteiger partial charge in [0.05, 0.1) is 22.2 Å². The molecule has 0 saturated heterocycles. The largest absolute Gasteiger partial charge is 0.493 e. The summed E-state index contributed by atoms with van der Waals surface area (Å²) in [7, 11) is 3.50. The second kappa shape index (κ2) is 4.72. The van der Waals surface area contributed by atoms with Crippen LogP contribution >= 0.6 is 33.9 Å². The summed E-state index contributed by atoms with van der Waals surface area (Å²) in [5.41, 5.74) is 8.21. The number of hydrogen-bond donors (Lipinski definition) is 1. The molecule has 0 aliphatic rings. The maximum Gasteiger partial charge on any atom is 0.161 e. The van der Waals surface area contributed by atoms with Crippen LogP contribution in [0.5, 0.6) is 5.75 Å². The normalized spacial score (nSPS) is 12.8. The summed E-state index contributed by atoms with van der Waals surface area (Å²) in [4.78, 5) is 0. The van der Waals surface area contributed by atoms with Gasteiger partial charge in [-0.05, 0) is 39.6 Å². The van der Waals surface area contributed by atoms with Crippen molar-refractivity contribution < 1.29 is 4.74 Å². The molecule has 2 N–H and O–H groups in total. The van der Waals surface area contributed by atoms with Crippen LogP contribution < -0.4 is 10.5 Å². The van der Waals surface area contributed by atoms with Gasteiger partial charge in [-0.25, -0.2) is 0 Å². The van der Waals surface area contributed by atoms with Crippen LogP contribution in [0, 0.1) is 2.88 Å². The highest BCUT2D eigenvalue weighted by molar-refractivity contribution is 14.1. The number of thiophene rings is 1. The molecule has 0 aromatic carbocycles. The Bertz CT molecular complexity index is 494. The molecule has 0 spiro atoms. The van der Waals surface area contributed by atoms with E-state index in [4.69, 9.17) is 10.5 Å². The third-order valence-corrected chi connectivity index (χ3v) is 4.22. The predicted molar refractivity (Wildman–Crippen MR) is 72.8 cm³/mol. The van der Waals surface area contributed by atoms with Crippen molar-refractivity contribution in [2.24, 2.45) is 12.8 Å². The zero-order valence-corrected chi connectivity index (χ0v) is 11.9. The maximum absolute atomic E-state index is 6.21. The van der Waals surface area contributed by atoms with Gasteiger partial charge >= 0.3 is 0 Å². The third-order valence-electron chi connectivity index (χ3n) is 2.41. The fourth-order valence-electron chi connectivity index (χ4n) is 1.58. The van der Waals surface area contributed by atoms with Crippen molar-refractivity contribution in [1.82, 2.24) is 9.78 Å². The molecule has 0 fully saturated rings. The molecule has 0 radical (unpaired) electrons. The van der Waals surface area contributed by atoms with Crippen molar-refractivity contribution in [2.75, 3.05) is 7.11 Å². The van der Waals surface area contributed by atoms with E-state index in [0.717, 1.165) is 17.0 Å². The summed E-state index contributed by atoms with van der Waals surface area (Å²) in [5, 5.41) is 6.22. The van der Waals surface area contributed by atoms with Gasteiger partial charge in [0.1, 0.15) is 5.69 Å². The number of aromatic nitrogens is 2. The van der Waals surface area contributed by atoms with Crippen molar-refractivity contribution in [2.45, 2.75) is 6.04 Å². The first-order valence-electron chi connectivity index (χ1n) is 4.69. The van der Waals surface area contributed by atoms with Gasteiger partial charge in [0, 0.05) is 7.05 Å². The molecule has 1 atom stereocenters. The first-order valence-corrected chi connectivity index (χ1v) is 6.64. The van der Waals surface area contributed by atoms with Crippen molar-refractivity contribution in [1.29, 1.82) is 0 Å². The smallest absolute Gasteiger partial charge is 0.161 e. The Kier molecular flexibility index (Phi) is 3.50. The molecule has 2 rings (SSSR count). The molecule has 0 aliphatic heterocycles. The van der Waals surface area contributed by atoms with Crippen LogP contribution in [0.1, 0.15) is 17.3 Å². The predicted octanol–water partition coefficient (Wildman–Crippen LogP) is 2.14. The lowest BCUT2D eigenvalue weighted by Gasteiger charge is -2.12. The average Bonchev–Trinajstić information content (AvgIpc) is 2.83. The minimum atomic E-state index is -0.192. The van der Waals surface area contributed by atoms with Crippen LogP contribution in [0.4, 0.5) is 0 Å². The van der Waals surface area contributed by atoms with E-state index in [-0.39, 0.29) is 6.04 Å². The standard InChI is InChI=1S/C10H12IN3OS/c1-14-10(7(15-2)4-13-14)9(12)6-3-8(11)16-5-6/h3-5,9H,12H2,1-2H3. The summed E-state index contributed by atoms with van der Waals surface area (Å²) in [6.07, 6.45) is 1.69. The van der Waals surface area contributed by atoms with Crippen LogP contribution in [0.25, 0.3) is 0 Å². The summed E-state index contributed by atoms with van der Waals surface area (Å²) >= 11 is 3.97. The highest BCUT2D eigenvalue weighted by atomic mass is 127. The summed E-state index contributed by atoms with van der Waals surface area (Å²) in [6.45, 7) is 0. The number of aryl methyl sites for hydroxylation is 1. The lowest BCUT2D eigenvalue weighted by atomic mass is 10.1. The van der Waals surface area contributed by atoms with Gasteiger partial charge in [-0.2, -0.15) is 5.10 Å². The SMILES string of the molecule is COc1cnn(C)c1C(N)c1csc(I)c1. The summed E-state index contributed by atoms with van der Waals surface area (Å²) in [6, 6.07) is 1.89. The molecule has 4 nitrogen and oxygen atoms in total. The van der Waals surface area contributed by atoms with Gasteiger partial charge in [-0.1, -0.05) is 0 Å². The first-order chi connectivity index (χ1) is 7.63. The number of nitrogens with zero attached hydrogens (tertiary/aromatic N) is 2. The highest BCUT2D eigenvalue weighted by Crippen LogP contribution is 2.30. The van der Waals surface area contributed by atoms with Crippen LogP contribution in [-0.2, 0) is 7.05 Å². The zero-order valence-electron chi connectivity index (χ0n) is 8.98. The molecule has 2 aromatic heterocycles. The van der Waals surface area contributed by atoms with Gasteiger partial charge in [-0.15, -0.1) is 11.3 Å². The van der Waals surface area contributed by atoms with Crippen LogP contribution in [-0.4, -0.2) is 16.9 Å². The lowest BCUT2D eigenvalue weighted by Crippen LogP contribution is -2.16. The van der Waals surface area contributed by atoms with Gasteiger partial charge in [0.2, 0.25) is 0 Å². The molecule has 0 bridgehead atoms. The van der Waals surface area contributed by atoms with E-state index in [1.54, 1.807) is 29.3 Å². The van der Waals surface area contributed by atoms with E-state index in [1.807, 2.05) is 7.05 Å². The molecular weight excluding hydrogens is 337 g/mol. The van der Waals surface area contributed by atoms with Gasteiger partial charge in [-0.3, -0.25) is 4.68 Å². The Morgan fingerprint density at radius 2 is 2.38 bits per heavy atom. The Balaban J connectivity index is 2.40. The molecule has 2 heterocycles. The monoisotopic (exact) mass is 349 g/mol. The minimum absolute atomic E-state index is 0.192. The van der Waals surface area contributed by atoms with E-state index in [0.29, 0.717) is 0 Å². The molecule has 2 aromatic rings. The molecule has 0 amide bonds. The Morgan fingerprint density at radius 1 is 1.62 bits per heavy atom. The number of nitrogens with two attached hydrogens (primary N) is 1. The second-order valence-electron chi connectivity index (χ2n) is 3.38. The Hall–Kier alpha value is -0.600. The number of ether oxygens (including phenoxy) is 1. The molecule has 16 heavy (non-hydrogen) atoms. The zero-order chi connectivity index (χ0) is 11.7. The first kappa shape index (κ1) is 11.9. The topological polar surface area (TPSA) is 53.1 Å². The number of halogens is 1. The van der Waals surface area contributed by atoms with Crippen molar-refractivity contribution in [3.8, 4) is 5.75 Å². The van der Waals surface area contributed by atoms with Crippen molar-refractivity contribution in [3.63, 3.8) is 0 Å². The van der Waals surface area contributed by atoms with Gasteiger partial charge < -0.3 is 10.5 Å². The average molecular weight is 349 g/mol. The third kappa shape index (κ3) is 2.09. The molecule has 86 valence electrons. The van der Waals surface area contributed by atoms with E-state index in [2.05, 4.69) is 39.1 Å². The molecule has 6 heteroatoms. The van der Waals surface area contributed by atoms with Crippen molar-refractivity contribution >= 4 is 33.9 Å². The Labute approximate surface area is 112 Å². The number of methoxy groups -OCH3 is 1. The quantitative estimate of drug-likeness (QED) is 0.864. The maximum atomic E-state index is 6.21. The minimum Gasteiger partial charge on any atom is -0.493 e. The van der Waals surface area contributed by atoms with Crippen LogP contribution in [0.15, 0.2) is 17.6 Å². The lowest BCUT2D eigenvalue weighted by molar-refractivity contribution is 0.406. The fraction of sp³-hybridized carbons (Fsp3) is 0.300. The van der Waals surface area contributed by atoms with E-state index in [9.17, 15) is 0 Å². The van der Waals surface area contributed by atoms with Crippen molar-refractivity contribution in [3.05, 3.63) is 31.8 Å². The van der Waals surface area contributed by atoms with Crippen LogP contribution in [0.3, 0.4) is 0 Å². The van der Waals surface area contributed by atoms with E-state index >= 15 is 0 Å². The number of rotatable bonds is 3. The highest BCUT2D eigenvalue weighted by Gasteiger charge is 2.19. The second-order valence-corrected chi connectivity index (χ2v) is 6.19. The molecule has 0 aliphatic carbocycles. The summed E-state index contributed by atoms with van der Waals surface area (Å²) < 4.78 is 8.24.